The Morgan fingerprint density at radius 3 is 2.67 bits per heavy atom. The van der Waals surface area contributed by atoms with Gasteiger partial charge in [0.1, 0.15) is 11.6 Å². The maximum Gasteiger partial charge on any atom is 0.129 e. The SMILES string of the molecule is Cc1cc(NCCCCCN)nc(C)n1. The van der Waals surface area contributed by atoms with E-state index in [1.54, 1.807) is 0 Å². The predicted molar refractivity (Wildman–Crippen MR) is 62.9 cm³/mol. The zero-order valence-electron chi connectivity index (χ0n) is 9.58. The van der Waals surface area contributed by atoms with Crippen molar-refractivity contribution in [3.8, 4) is 0 Å². The van der Waals surface area contributed by atoms with Crippen LogP contribution >= 0.6 is 0 Å². The van der Waals surface area contributed by atoms with Crippen molar-refractivity contribution in [2.75, 3.05) is 18.4 Å². The molecule has 0 atom stereocenters. The second-order valence-electron chi connectivity index (χ2n) is 3.72. The number of hydrogen-bond donors (Lipinski definition) is 2. The number of nitrogens with one attached hydrogen (secondary N) is 1. The molecule has 0 aliphatic heterocycles. The van der Waals surface area contributed by atoms with Crippen molar-refractivity contribution >= 4 is 5.82 Å². The molecule has 0 radical (unpaired) electrons. The van der Waals surface area contributed by atoms with Gasteiger partial charge in [-0.15, -0.1) is 0 Å². The highest BCUT2D eigenvalue weighted by molar-refractivity contribution is 5.35. The molecule has 15 heavy (non-hydrogen) atoms. The number of nitrogens with two attached hydrogens (primary N) is 1. The van der Waals surface area contributed by atoms with Crippen LogP contribution in [0.15, 0.2) is 6.07 Å². The van der Waals surface area contributed by atoms with Gasteiger partial charge in [-0.1, -0.05) is 6.42 Å². The van der Waals surface area contributed by atoms with E-state index < -0.39 is 0 Å². The first-order chi connectivity index (χ1) is 7.22. The maximum absolute atomic E-state index is 5.42. The summed E-state index contributed by atoms with van der Waals surface area (Å²) in [5.74, 6) is 1.74. The van der Waals surface area contributed by atoms with E-state index in [1.165, 1.54) is 6.42 Å². The summed E-state index contributed by atoms with van der Waals surface area (Å²) in [7, 11) is 0. The van der Waals surface area contributed by atoms with Crippen LogP contribution in [0.1, 0.15) is 30.8 Å². The van der Waals surface area contributed by atoms with Crippen LogP contribution in [0.4, 0.5) is 5.82 Å². The minimum Gasteiger partial charge on any atom is -0.370 e. The minimum absolute atomic E-state index is 0.783. The standard InChI is InChI=1S/C11H20N4/c1-9-8-11(15-10(2)14-9)13-7-5-3-4-6-12/h8H,3-7,12H2,1-2H3,(H,13,14,15). The van der Waals surface area contributed by atoms with Crippen molar-refractivity contribution in [3.63, 3.8) is 0 Å². The lowest BCUT2D eigenvalue weighted by Crippen LogP contribution is -2.06. The fraction of sp³-hybridized carbons (Fsp3) is 0.636. The topological polar surface area (TPSA) is 63.8 Å². The van der Waals surface area contributed by atoms with Crippen molar-refractivity contribution in [1.29, 1.82) is 0 Å². The highest BCUT2D eigenvalue weighted by atomic mass is 15.0. The van der Waals surface area contributed by atoms with Gasteiger partial charge in [-0.2, -0.15) is 0 Å². The zero-order valence-corrected chi connectivity index (χ0v) is 9.58. The first kappa shape index (κ1) is 11.9. The smallest absolute Gasteiger partial charge is 0.129 e. The van der Waals surface area contributed by atoms with Crippen molar-refractivity contribution < 1.29 is 0 Å². The Kier molecular flexibility index (Phi) is 5.04. The highest BCUT2D eigenvalue weighted by Gasteiger charge is 1.97. The van der Waals surface area contributed by atoms with E-state index in [0.717, 1.165) is 43.3 Å². The summed E-state index contributed by atoms with van der Waals surface area (Å²) in [5, 5.41) is 3.29. The van der Waals surface area contributed by atoms with Crippen molar-refractivity contribution in [2.45, 2.75) is 33.1 Å². The zero-order chi connectivity index (χ0) is 11.1. The lowest BCUT2D eigenvalue weighted by Gasteiger charge is -2.06. The summed E-state index contributed by atoms with van der Waals surface area (Å²) in [4.78, 5) is 8.53. The molecule has 1 aromatic rings. The van der Waals surface area contributed by atoms with Gasteiger partial charge in [-0.25, -0.2) is 9.97 Å². The fourth-order valence-electron chi connectivity index (χ4n) is 1.47. The Morgan fingerprint density at radius 1 is 1.20 bits per heavy atom. The fourth-order valence-corrected chi connectivity index (χ4v) is 1.47. The largest absolute Gasteiger partial charge is 0.370 e. The molecule has 0 spiro atoms. The summed E-state index contributed by atoms with van der Waals surface area (Å²) in [6.07, 6.45) is 3.41. The molecule has 0 amide bonds. The molecule has 84 valence electrons. The van der Waals surface area contributed by atoms with Crippen LogP contribution < -0.4 is 11.1 Å². The molecule has 0 bridgehead atoms. The number of anilines is 1. The van der Waals surface area contributed by atoms with Gasteiger partial charge in [-0.05, 0) is 33.2 Å². The third kappa shape index (κ3) is 4.74. The molecule has 0 saturated carbocycles. The number of nitrogens with zero attached hydrogens (tertiary/aromatic N) is 2. The second-order valence-corrected chi connectivity index (χ2v) is 3.72. The molecule has 0 aliphatic rings. The molecule has 1 rings (SSSR count). The molecule has 0 aromatic carbocycles. The van der Waals surface area contributed by atoms with Crippen LogP contribution in [-0.4, -0.2) is 23.1 Å². The van der Waals surface area contributed by atoms with E-state index in [0.29, 0.717) is 0 Å². The Morgan fingerprint density at radius 2 is 2.00 bits per heavy atom. The van der Waals surface area contributed by atoms with Gasteiger partial charge >= 0.3 is 0 Å². The van der Waals surface area contributed by atoms with Crippen LogP contribution in [0.2, 0.25) is 0 Å². The van der Waals surface area contributed by atoms with E-state index in [-0.39, 0.29) is 0 Å². The summed E-state index contributed by atoms with van der Waals surface area (Å²) in [6, 6.07) is 1.97. The van der Waals surface area contributed by atoms with E-state index in [9.17, 15) is 0 Å². The Hall–Kier alpha value is -1.16. The first-order valence-corrected chi connectivity index (χ1v) is 5.48. The Bertz CT molecular complexity index is 278. The molecular weight excluding hydrogens is 188 g/mol. The van der Waals surface area contributed by atoms with Gasteiger partial charge in [-0.3, -0.25) is 0 Å². The molecule has 0 unspecified atom stereocenters. The van der Waals surface area contributed by atoms with Crippen LogP contribution in [-0.2, 0) is 0 Å². The van der Waals surface area contributed by atoms with Crippen LogP contribution in [0.5, 0.6) is 0 Å². The van der Waals surface area contributed by atoms with E-state index in [1.807, 2.05) is 19.9 Å². The number of unbranched alkanes of at least 4 members (excludes halogenated alkanes) is 2. The molecular formula is C11H20N4. The Balaban J connectivity index is 2.31. The Labute approximate surface area is 91.3 Å². The monoisotopic (exact) mass is 208 g/mol. The third-order valence-corrected chi connectivity index (χ3v) is 2.15. The van der Waals surface area contributed by atoms with Gasteiger partial charge < -0.3 is 11.1 Å². The minimum atomic E-state index is 0.783. The van der Waals surface area contributed by atoms with Gasteiger partial charge in [0, 0.05) is 18.3 Å². The van der Waals surface area contributed by atoms with Crippen molar-refractivity contribution in [2.24, 2.45) is 5.73 Å². The van der Waals surface area contributed by atoms with Gasteiger partial charge in [0.2, 0.25) is 0 Å². The van der Waals surface area contributed by atoms with Gasteiger partial charge in [0.25, 0.3) is 0 Å². The molecule has 1 heterocycles. The van der Waals surface area contributed by atoms with Crippen LogP contribution in [0.25, 0.3) is 0 Å². The summed E-state index contributed by atoms with van der Waals surface area (Å²) in [6.45, 7) is 5.63. The third-order valence-electron chi connectivity index (χ3n) is 2.15. The quantitative estimate of drug-likeness (QED) is 0.697. The van der Waals surface area contributed by atoms with E-state index in [2.05, 4.69) is 15.3 Å². The summed E-state index contributed by atoms with van der Waals surface area (Å²) >= 11 is 0. The molecule has 0 fully saturated rings. The highest BCUT2D eigenvalue weighted by Crippen LogP contribution is 2.05. The lowest BCUT2D eigenvalue weighted by atomic mass is 10.2. The van der Waals surface area contributed by atoms with Gasteiger partial charge in [0.05, 0.1) is 0 Å². The van der Waals surface area contributed by atoms with Crippen LogP contribution in [0, 0.1) is 13.8 Å². The summed E-state index contributed by atoms with van der Waals surface area (Å²) in [5.41, 5.74) is 6.43. The maximum atomic E-state index is 5.42. The number of hydrogen-bond acceptors (Lipinski definition) is 4. The average Bonchev–Trinajstić information content (AvgIpc) is 2.16. The lowest BCUT2D eigenvalue weighted by molar-refractivity contribution is 0.706. The number of rotatable bonds is 6. The normalized spacial score (nSPS) is 10.3. The van der Waals surface area contributed by atoms with E-state index >= 15 is 0 Å². The van der Waals surface area contributed by atoms with E-state index in [4.69, 9.17) is 5.73 Å². The average molecular weight is 208 g/mol. The first-order valence-electron chi connectivity index (χ1n) is 5.48. The molecule has 0 saturated heterocycles. The summed E-state index contributed by atoms with van der Waals surface area (Å²) < 4.78 is 0. The molecule has 0 aliphatic carbocycles. The second kappa shape index (κ2) is 6.35. The molecule has 3 N–H and O–H groups in total. The predicted octanol–water partition coefficient (Wildman–Crippen LogP) is 1.63. The van der Waals surface area contributed by atoms with Crippen molar-refractivity contribution in [3.05, 3.63) is 17.6 Å². The number of aryl methyl sites for hydroxylation is 2. The molecule has 1 aromatic heterocycles. The molecule has 4 nitrogen and oxygen atoms in total. The van der Waals surface area contributed by atoms with Crippen molar-refractivity contribution in [1.82, 2.24) is 9.97 Å². The van der Waals surface area contributed by atoms with Crippen LogP contribution in [0.3, 0.4) is 0 Å². The van der Waals surface area contributed by atoms with Gasteiger partial charge in [0.15, 0.2) is 0 Å². The molecule has 4 heteroatoms. The number of aromatic nitrogens is 2.